The third kappa shape index (κ3) is 3.69. The lowest BCUT2D eigenvalue weighted by molar-refractivity contribution is -0.142. The first-order chi connectivity index (χ1) is 8.45. The van der Waals surface area contributed by atoms with E-state index in [1.54, 1.807) is 11.8 Å². The van der Waals surface area contributed by atoms with E-state index in [4.69, 9.17) is 5.11 Å². The molecule has 0 aromatic carbocycles. The van der Waals surface area contributed by atoms with Crippen LogP contribution in [-0.2, 0) is 14.3 Å². The first-order valence-electron chi connectivity index (χ1n) is 5.88. The Morgan fingerprint density at radius 1 is 1.56 bits per heavy atom. The van der Waals surface area contributed by atoms with Gasteiger partial charge in [-0.05, 0) is 6.54 Å². The van der Waals surface area contributed by atoms with E-state index in [0.717, 1.165) is 4.90 Å². The van der Waals surface area contributed by atoms with Gasteiger partial charge in [0.15, 0.2) is 0 Å². The van der Waals surface area contributed by atoms with Crippen molar-refractivity contribution >= 4 is 18.0 Å². The van der Waals surface area contributed by atoms with Gasteiger partial charge in [-0.1, -0.05) is 13.8 Å². The number of carbonyl (C=O) groups is 3. The van der Waals surface area contributed by atoms with Gasteiger partial charge in [0.2, 0.25) is 5.91 Å². The Morgan fingerprint density at radius 2 is 2.22 bits per heavy atom. The lowest BCUT2D eigenvalue weighted by Gasteiger charge is -2.23. The Morgan fingerprint density at radius 3 is 2.67 bits per heavy atom. The third-order valence-corrected chi connectivity index (χ3v) is 2.82. The van der Waals surface area contributed by atoms with Gasteiger partial charge in [0.25, 0.3) is 0 Å². The van der Waals surface area contributed by atoms with E-state index in [0.29, 0.717) is 6.54 Å². The topological polar surface area (TPSA) is 87.2 Å². The highest BCUT2D eigenvalue weighted by Crippen LogP contribution is 2.06. The number of carboxylic acids is 1. The number of hydrogen-bond donors (Lipinski definition) is 1. The van der Waals surface area contributed by atoms with Gasteiger partial charge < -0.3 is 9.84 Å². The van der Waals surface area contributed by atoms with Crippen molar-refractivity contribution in [1.82, 2.24) is 9.80 Å². The number of aliphatic carboxylic acids is 1. The summed E-state index contributed by atoms with van der Waals surface area (Å²) in [6, 6.07) is 0. The van der Waals surface area contributed by atoms with Crippen LogP contribution in [0.3, 0.4) is 0 Å². The second-order valence-corrected chi connectivity index (χ2v) is 4.23. The molecule has 0 spiro atoms. The summed E-state index contributed by atoms with van der Waals surface area (Å²) in [4.78, 5) is 36.5. The molecule has 0 radical (unpaired) electrons. The number of amides is 2. The number of nitrogens with zero attached hydrogens (tertiary/aromatic N) is 2. The molecule has 1 N–H and O–H groups in total. The molecular formula is C11H18N2O5. The number of carboxylic acid groups (broad SMARTS) is 1. The van der Waals surface area contributed by atoms with Crippen LogP contribution in [0.25, 0.3) is 0 Å². The van der Waals surface area contributed by atoms with E-state index in [2.05, 4.69) is 4.74 Å². The average molecular weight is 258 g/mol. The van der Waals surface area contributed by atoms with Gasteiger partial charge in [-0.15, -0.1) is 0 Å². The Hall–Kier alpha value is -1.63. The maximum absolute atomic E-state index is 11.8. The van der Waals surface area contributed by atoms with Gasteiger partial charge in [0.1, 0.15) is 6.61 Å². The van der Waals surface area contributed by atoms with Crippen LogP contribution in [0.5, 0.6) is 0 Å². The Labute approximate surface area is 105 Å². The largest absolute Gasteiger partial charge is 0.481 e. The smallest absolute Gasteiger partial charge is 0.416 e. The van der Waals surface area contributed by atoms with Crippen LogP contribution in [0.1, 0.15) is 13.8 Å². The van der Waals surface area contributed by atoms with E-state index in [1.807, 2.05) is 6.92 Å². The summed E-state index contributed by atoms with van der Waals surface area (Å²) < 4.78 is 4.67. The van der Waals surface area contributed by atoms with Crippen molar-refractivity contribution in [2.75, 3.05) is 32.8 Å². The minimum atomic E-state index is -0.901. The first kappa shape index (κ1) is 14.4. The Bertz CT molecular complexity index is 344. The summed E-state index contributed by atoms with van der Waals surface area (Å²) in [6.45, 7) is 4.77. The summed E-state index contributed by atoms with van der Waals surface area (Å²) >= 11 is 0. The monoisotopic (exact) mass is 258 g/mol. The molecule has 1 fully saturated rings. The molecule has 18 heavy (non-hydrogen) atoms. The fraction of sp³-hybridized carbons (Fsp3) is 0.727. The second kappa shape index (κ2) is 6.34. The SMILES string of the molecule is CCN(CC(=O)N1CCOC1=O)CC(C)C(=O)O. The first-order valence-corrected chi connectivity index (χ1v) is 5.88. The standard InChI is InChI=1S/C11H18N2O5/c1-3-12(6-8(2)10(15)16)7-9(14)13-4-5-18-11(13)17/h8H,3-7H2,1-2H3,(H,15,16). The normalized spacial score (nSPS) is 16.8. The Balaban J connectivity index is 2.49. The van der Waals surface area contributed by atoms with Gasteiger partial charge >= 0.3 is 12.1 Å². The van der Waals surface area contributed by atoms with Crippen LogP contribution in [-0.4, -0.2) is 65.7 Å². The molecule has 1 unspecified atom stereocenters. The fourth-order valence-corrected chi connectivity index (χ4v) is 1.67. The van der Waals surface area contributed by atoms with E-state index in [9.17, 15) is 14.4 Å². The van der Waals surface area contributed by atoms with Gasteiger partial charge in [-0.25, -0.2) is 9.69 Å². The molecule has 0 aromatic heterocycles. The highest BCUT2D eigenvalue weighted by atomic mass is 16.6. The van der Waals surface area contributed by atoms with E-state index >= 15 is 0 Å². The maximum Gasteiger partial charge on any atom is 0.416 e. The van der Waals surface area contributed by atoms with Crippen LogP contribution in [0.15, 0.2) is 0 Å². The lowest BCUT2D eigenvalue weighted by atomic mass is 10.1. The Kier molecular flexibility index (Phi) is 5.08. The number of likely N-dealkylation sites (N-methyl/N-ethyl adjacent to an activating group) is 1. The predicted molar refractivity (Wildman–Crippen MR) is 62.0 cm³/mol. The van der Waals surface area contributed by atoms with Crippen molar-refractivity contribution in [2.45, 2.75) is 13.8 Å². The molecule has 0 saturated carbocycles. The molecule has 0 aromatic rings. The quantitative estimate of drug-likeness (QED) is 0.722. The van der Waals surface area contributed by atoms with E-state index < -0.39 is 18.0 Å². The van der Waals surface area contributed by atoms with Gasteiger partial charge in [-0.2, -0.15) is 0 Å². The number of imide groups is 1. The second-order valence-electron chi connectivity index (χ2n) is 4.23. The zero-order valence-corrected chi connectivity index (χ0v) is 10.6. The number of hydrogen-bond acceptors (Lipinski definition) is 5. The molecule has 0 bridgehead atoms. The molecule has 1 heterocycles. The van der Waals surface area contributed by atoms with E-state index in [1.165, 1.54) is 0 Å². The van der Waals surface area contributed by atoms with Crippen LogP contribution < -0.4 is 0 Å². The molecule has 0 aliphatic carbocycles. The zero-order chi connectivity index (χ0) is 13.7. The van der Waals surface area contributed by atoms with Crippen molar-refractivity contribution in [3.05, 3.63) is 0 Å². The van der Waals surface area contributed by atoms with Crippen LogP contribution in [0.2, 0.25) is 0 Å². The summed E-state index contributed by atoms with van der Waals surface area (Å²) in [5.74, 6) is -1.80. The molecule has 1 atom stereocenters. The highest BCUT2D eigenvalue weighted by molar-refractivity contribution is 5.94. The van der Waals surface area contributed by atoms with Crippen LogP contribution in [0.4, 0.5) is 4.79 Å². The third-order valence-electron chi connectivity index (χ3n) is 2.82. The summed E-state index contributed by atoms with van der Waals surface area (Å²) in [7, 11) is 0. The summed E-state index contributed by atoms with van der Waals surface area (Å²) in [5.41, 5.74) is 0. The minimum Gasteiger partial charge on any atom is -0.481 e. The van der Waals surface area contributed by atoms with Crippen molar-refractivity contribution in [2.24, 2.45) is 5.92 Å². The number of rotatable bonds is 6. The molecule has 1 rings (SSSR count). The highest BCUT2D eigenvalue weighted by Gasteiger charge is 2.29. The molecule has 7 heteroatoms. The molecule has 1 saturated heterocycles. The van der Waals surface area contributed by atoms with Gasteiger partial charge in [0, 0.05) is 6.54 Å². The molecule has 1 aliphatic heterocycles. The zero-order valence-electron chi connectivity index (χ0n) is 10.6. The van der Waals surface area contributed by atoms with Gasteiger partial charge in [-0.3, -0.25) is 14.5 Å². The molecular weight excluding hydrogens is 240 g/mol. The van der Waals surface area contributed by atoms with Gasteiger partial charge in [0.05, 0.1) is 19.0 Å². The molecule has 1 aliphatic rings. The number of cyclic esters (lactones) is 1. The fourth-order valence-electron chi connectivity index (χ4n) is 1.67. The molecule has 7 nitrogen and oxygen atoms in total. The summed E-state index contributed by atoms with van der Waals surface area (Å²) in [6.07, 6.45) is -0.623. The van der Waals surface area contributed by atoms with Crippen LogP contribution in [0, 0.1) is 5.92 Å². The van der Waals surface area contributed by atoms with Crippen LogP contribution >= 0.6 is 0 Å². The van der Waals surface area contributed by atoms with Crippen molar-refractivity contribution in [3.63, 3.8) is 0 Å². The van der Waals surface area contributed by atoms with Crippen molar-refractivity contribution in [3.8, 4) is 0 Å². The van der Waals surface area contributed by atoms with E-state index in [-0.39, 0.29) is 32.1 Å². The number of ether oxygens (including phenoxy) is 1. The maximum atomic E-state index is 11.8. The van der Waals surface area contributed by atoms with Crippen molar-refractivity contribution in [1.29, 1.82) is 0 Å². The summed E-state index contributed by atoms with van der Waals surface area (Å²) in [5, 5.41) is 8.82. The molecule has 2 amide bonds. The number of carbonyl (C=O) groups excluding carboxylic acids is 2. The molecule has 102 valence electrons. The average Bonchev–Trinajstić information content (AvgIpc) is 2.74. The minimum absolute atomic E-state index is 0.0310. The predicted octanol–water partition coefficient (Wildman–Crippen LogP) is 0.00780. The lowest BCUT2D eigenvalue weighted by Crippen LogP contribution is -2.42. The van der Waals surface area contributed by atoms with Crippen molar-refractivity contribution < 1.29 is 24.2 Å².